The molecule has 188 valence electrons. The van der Waals surface area contributed by atoms with Crippen molar-refractivity contribution >= 4 is 21.8 Å². The molecule has 8 nitrogen and oxygen atoms in total. The summed E-state index contributed by atoms with van der Waals surface area (Å²) in [5.74, 6) is 0.0460. The maximum atomic E-state index is 14.0. The number of pyridine rings is 1. The normalized spacial score (nSPS) is 20.9. The van der Waals surface area contributed by atoms with E-state index in [0.29, 0.717) is 31.6 Å². The average Bonchev–Trinajstić information content (AvgIpc) is 3.72. The monoisotopic (exact) mass is 500 g/mol. The quantitative estimate of drug-likeness (QED) is 0.582. The molecule has 1 saturated carbocycles. The van der Waals surface area contributed by atoms with Gasteiger partial charge in [0.1, 0.15) is 17.1 Å². The Morgan fingerprint density at radius 2 is 1.94 bits per heavy atom. The van der Waals surface area contributed by atoms with Gasteiger partial charge in [0.2, 0.25) is 0 Å². The molecule has 0 radical (unpaired) electrons. The van der Waals surface area contributed by atoms with Crippen LogP contribution in [0.25, 0.3) is 0 Å². The van der Waals surface area contributed by atoms with Gasteiger partial charge in [0.05, 0.1) is 17.5 Å². The number of carbonyl (C=O) groups is 1. The summed E-state index contributed by atoms with van der Waals surface area (Å²) >= 11 is 0. The van der Waals surface area contributed by atoms with Gasteiger partial charge in [-0.25, -0.2) is 22.5 Å². The van der Waals surface area contributed by atoms with Crippen molar-refractivity contribution in [1.29, 1.82) is 0 Å². The number of benzene rings is 1. The lowest BCUT2D eigenvalue weighted by Gasteiger charge is -2.37. The van der Waals surface area contributed by atoms with Gasteiger partial charge >= 0.3 is 5.97 Å². The molecule has 3 aliphatic rings. The molecule has 3 heterocycles. The predicted molar refractivity (Wildman–Crippen MR) is 131 cm³/mol. The first-order valence-electron chi connectivity index (χ1n) is 12.5. The van der Waals surface area contributed by atoms with Gasteiger partial charge in [-0.2, -0.15) is 0 Å². The summed E-state index contributed by atoms with van der Waals surface area (Å²) in [5.41, 5.74) is 1.86. The van der Waals surface area contributed by atoms with Crippen LogP contribution in [-0.2, 0) is 27.6 Å². The van der Waals surface area contributed by atoms with Crippen molar-refractivity contribution < 1.29 is 27.8 Å². The van der Waals surface area contributed by atoms with Crippen molar-refractivity contribution in [2.45, 2.75) is 62.8 Å². The number of aromatic carboxylic acids is 1. The van der Waals surface area contributed by atoms with Crippen LogP contribution in [0.2, 0.25) is 0 Å². The van der Waals surface area contributed by atoms with Crippen molar-refractivity contribution in [2.75, 3.05) is 24.1 Å². The van der Waals surface area contributed by atoms with Crippen molar-refractivity contribution in [2.24, 2.45) is 11.8 Å². The summed E-state index contributed by atoms with van der Waals surface area (Å²) in [6, 6.07) is 6.05. The number of aromatic nitrogens is 1. The number of nitrogens with zero attached hydrogens (tertiary/aromatic N) is 2. The largest absolute Gasteiger partial charge is 0.492 e. The summed E-state index contributed by atoms with van der Waals surface area (Å²) in [6.07, 6.45) is 7.82. The number of hydrogen-bond acceptors (Lipinski definition) is 6. The van der Waals surface area contributed by atoms with Gasteiger partial charge in [0.25, 0.3) is 10.0 Å². The molecule has 1 aromatic heterocycles. The average molecular weight is 501 g/mol. The first-order chi connectivity index (χ1) is 16.9. The van der Waals surface area contributed by atoms with E-state index in [2.05, 4.69) is 4.98 Å². The molecule has 9 heteroatoms. The molecule has 1 aromatic carbocycles. The molecule has 0 spiro atoms. The number of carboxylic acids is 1. The lowest BCUT2D eigenvalue weighted by molar-refractivity contribution is 0.0490. The van der Waals surface area contributed by atoms with E-state index >= 15 is 0 Å². The van der Waals surface area contributed by atoms with Crippen LogP contribution in [0.15, 0.2) is 35.4 Å². The fourth-order valence-electron chi connectivity index (χ4n) is 5.10. The highest BCUT2D eigenvalue weighted by molar-refractivity contribution is 7.92. The van der Waals surface area contributed by atoms with Gasteiger partial charge < -0.3 is 14.6 Å². The minimum atomic E-state index is -4.02. The fraction of sp³-hybridized carbons (Fsp3) is 0.538. The van der Waals surface area contributed by atoms with Gasteiger partial charge in [-0.15, -0.1) is 0 Å². The Bertz CT molecular complexity index is 1200. The van der Waals surface area contributed by atoms with Gasteiger partial charge in [-0.05, 0) is 86.1 Å². The first kappa shape index (κ1) is 24.1. The Hall–Kier alpha value is -2.65. The second kappa shape index (κ2) is 9.78. The molecule has 1 N–H and O–H groups in total. The Morgan fingerprint density at radius 3 is 2.63 bits per heavy atom. The lowest BCUT2D eigenvalue weighted by Crippen LogP contribution is -2.45. The number of rotatable bonds is 8. The van der Waals surface area contributed by atoms with Crippen LogP contribution in [0, 0.1) is 11.8 Å². The summed E-state index contributed by atoms with van der Waals surface area (Å²) in [5, 5.41) is 9.85. The highest BCUT2D eigenvalue weighted by Crippen LogP contribution is 2.45. The second-order valence-electron chi connectivity index (χ2n) is 9.75. The summed E-state index contributed by atoms with van der Waals surface area (Å²) < 4.78 is 40.6. The van der Waals surface area contributed by atoms with Crippen LogP contribution >= 0.6 is 0 Å². The number of anilines is 1. The molecule has 35 heavy (non-hydrogen) atoms. The van der Waals surface area contributed by atoms with E-state index < -0.39 is 16.0 Å². The molecule has 2 fully saturated rings. The zero-order valence-corrected chi connectivity index (χ0v) is 20.8. The standard InChI is InChI=1S/C26H32N2O6S/c1-2-17-13-20-5-7-23(19-3-4-19)28(25(20)27-15-17)35(31,32)21-6-8-24(22(14-21)26(29)30)34-16-18-9-11-33-12-10-18/h6,8,13-15,18-19,23H,2-5,7,9-12,16H2,1H3,(H,29,30). The van der Waals surface area contributed by atoms with Gasteiger partial charge in [-0.3, -0.25) is 0 Å². The molecule has 2 aromatic rings. The zero-order chi connectivity index (χ0) is 24.6. The number of hydrogen-bond donors (Lipinski definition) is 1. The van der Waals surface area contributed by atoms with Crippen LogP contribution in [0.3, 0.4) is 0 Å². The molecule has 5 rings (SSSR count). The number of ether oxygens (including phenoxy) is 2. The van der Waals surface area contributed by atoms with Crippen molar-refractivity contribution in [1.82, 2.24) is 4.98 Å². The molecule has 1 aliphatic carbocycles. The lowest BCUT2D eigenvalue weighted by atomic mass is 9.96. The molecule has 0 bridgehead atoms. The van der Waals surface area contributed by atoms with E-state index in [9.17, 15) is 18.3 Å². The summed E-state index contributed by atoms with van der Waals surface area (Å²) in [6.45, 7) is 3.77. The van der Waals surface area contributed by atoms with Crippen LogP contribution in [-0.4, -0.2) is 50.3 Å². The van der Waals surface area contributed by atoms with E-state index in [1.165, 1.54) is 22.5 Å². The van der Waals surface area contributed by atoms with Crippen molar-refractivity contribution in [3.63, 3.8) is 0 Å². The van der Waals surface area contributed by atoms with Gasteiger partial charge in [0, 0.05) is 19.4 Å². The van der Waals surface area contributed by atoms with E-state index in [1.807, 2.05) is 13.0 Å². The van der Waals surface area contributed by atoms with Crippen molar-refractivity contribution in [3.05, 3.63) is 47.2 Å². The summed E-state index contributed by atoms with van der Waals surface area (Å²) in [4.78, 5) is 16.6. The van der Waals surface area contributed by atoms with Crippen LogP contribution < -0.4 is 9.04 Å². The third kappa shape index (κ3) is 4.89. The number of fused-ring (bicyclic) bond motifs is 1. The Labute approximate surface area is 206 Å². The van der Waals surface area contributed by atoms with Gasteiger partial charge in [0.15, 0.2) is 0 Å². The van der Waals surface area contributed by atoms with E-state index in [0.717, 1.165) is 56.1 Å². The van der Waals surface area contributed by atoms with E-state index in [-0.39, 0.29) is 28.2 Å². The smallest absolute Gasteiger partial charge is 0.339 e. The predicted octanol–water partition coefficient (Wildman–Crippen LogP) is 4.07. The van der Waals surface area contributed by atoms with Gasteiger partial charge in [-0.1, -0.05) is 13.0 Å². The Balaban J connectivity index is 1.48. The molecule has 1 unspecified atom stereocenters. The highest BCUT2D eigenvalue weighted by Gasteiger charge is 2.44. The molecule has 2 aliphatic heterocycles. The Morgan fingerprint density at radius 1 is 1.17 bits per heavy atom. The number of carboxylic acid groups (broad SMARTS) is 1. The van der Waals surface area contributed by atoms with Crippen molar-refractivity contribution in [3.8, 4) is 5.75 Å². The van der Waals surface area contributed by atoms with Crippen LogP contribution in [0.5, 0.6) is 5.75 Å². The number of aryl methyl sites for hydroxylation is 2. The fourth-order valence-corrected chi connectivity index (χ4v) is 6.86. The molecular formula is C26H32N2O6S. The SMILES string of the molecule is CCc1cnc2c(c1)CCC(C1CC1)N2S(=O)(=O)c1ccc(OCC2CCOCC2)c(C(=O)O)c1. The molecule has 1 atom stereocenters. The minimum absolute atomic E-state index is 0.0480. The topological polar surface area (TPSA) is 106 Å². The van der Waals surface area contributed by atoms with E-state index in [1.54, 1.807) is 6.20 Å². The zero-order valence-electron chi connectivity index (χ0n) is 20.0. The highest BCUT2D eigenvalue weighted by atomic mass is 32.2. The molecule has 0 amide bonds. The van der Waals surface area contributed by atoms with E-state index in [4.69, 9.17) is 9.47 Å². The molecule has 1 saturated heterocycles. The number of sulfonamides is 1. The first-order valence-corrected chi connectivity index (χ1v) is 13.9. The molecular weight excluding hydrogens is 468 g/mol. The maximum Gasteiger partial charge on any atom is 0.339 e. The van der Waals surface area contributed by atoms with Crippen LogP contribution in [0.4, 0.5) is 5.82 Å². The second-order valence-corrected chi connectivity index (χ2v) is 11.6. The third-order valence-electron chi connectivity index (χ3n) is 7.35. The van der Waals surface area contributed by atoms with Crippen LogP contribution in [0.1, 0.15) is 60.5 Å². The third-order valence-corrected chi connectivity index (χ3v) is 9.16. The maximum absolute atomic E-state index is 14.0. The minimum Gasteiger partial charge on any atom is -0.492 e. The summed E-state index contributed by atoms with van der Waals surface area (Å²) in [7, 11) is -4.02. The Kier molecular flexibility index (Phi) is 6.72.